The molecule has 0 fully saturated rings. The van der Waals surface area contributed by atoms with Crippen LogP contribution in [-0.2, 0) is 24.9 Å². The summed E-state index contributed by atoms with van der Waals surface area (Å²) in [6.07, 6.45) is 3.00. The summed E-state index contributed by atoms with van der Waals surface area (Å²) in [5.41, 5.74) is 4.69. The maximum atomic E-state index is 4.77. The molecule has 0 amide bonds. The van der Waals surface area contributed by atoms with Gasteiger partial charge in [-0.15, -0.1) is 0 Å². The molecule has 5 nitrogen and oxygen atoms in total. The molecule has 0 spiro atoms. The van der Waals surface area contributed by atoms with E-state index in [2.05, 4.69) is 46.9 Å². The summed E-state index contributed by atoms with van der Waals surface area (Å²) in [5.74, 6) is 0.942. The number of fused-ring (bicyclic) bond motifs is 1. The number of aryl methyl sites for hydroxylation is 1. The number of H-pyrrole nitrogens is 1. The zero-order valence-electron chi connectivity index (χ0n) is 13.3. The monoisotopic (exact) mass is 285 g/mol. The Morgan fingerprint density at radius 2 is 2.14 bits per heavy atom. The molecule has 112 valence electrons. The second kappa shape index (κ2) is 5.22. The second-order valence-electron chi connectivity index (χ2n) is 6.92. The highest BCUT2D eigenvalue weighted by Gasteiger charge is 2.23. The molecule has 1 aliphatic heterocycles. The summed E-state index contributed by atoms with van der Waals surface area (Å²) < 4.78 is 0. The van der Waals surface area contributed by atoms with E-state index in [1.165, 1.54) is 11.3 Å². The van der Waals surface area contributed by atoms with E-state index in [4.69, 9.17) is 4.98 Å². The van der Waals surface area contributed by atoms with Gasteiger partial charge in [0.15, 0.2) is 0 Å². The van der Waals surface area contributed by atoms with Crippen LogP contribution in [0.4, 0.5) is 0 Å². The first-order valence-electron chi connectivity index (χ1n) is 7.50. The number of hydrogen-bond acceptors (Lipinski definition) is 4. The maximum Gasteiger partial charge on any atom is 0.133 e. The van der Waals surface area contributed by atoms with E-state index < -0.39 is 0 Å². The minimum Gasteiger partial charge on any atom is -0.293 e. The largest absolute Gasteiger partial charge is 0.293 e. The standard InChI is InChI=1S/C16H23N5/c1-11-7-13(20-19-11)10-21-6-5-14-12(9-21)8-17-15(18-14)16(2,3)4/h7-8H,5-6,9-10H2,1-4H3,(H,19,20). The van der Waals surface area contributed by atoms with E-state index >= 15 is 0 Å². The van der Waals surface area contributed by atoms with Gasteiger partial charge < -0.3 is 0 Å². The molecule has 0 aliphatic carbocycles. The Morgan fingerprint density at radius 3 is 2.81 bits per heavy atom. The molecule has 21 heavy (non-hydrogen) atoms. The molecule has 0 aromatic carbocycles. The number of aromatic nitrogens is 4. The molecule has 3 rings (SSSR count). The van der Waals surface area contributed by atoms with E-state index in [9.17, 15) is 0 Å². The lowest BCUT2D eigenvalue weighted by molar-refractivity contribution is 0.239. The van der Waals surface area contributed by atoms with Crippen LogP contribution >= 0.6 is 0 Å². The van der Waals surface area contributed by atoms with Crippen LogP contribution in [-0.4, -0.2) is 31.6 Å². The van der Waals surface area contributed by atoms with Crippen LogP contribution in [0.5, 0.6) is 0 Å². The number of nitrogens with one attached hydrogen (secondary N) is 1. The SMILES string of the molecule is Cc1cc(CN2CCc3nc(C(C)(C)C)ncc3C2)n[nH]1. The molecular formula is C16H23N5. The molecule has 0 bridgehead atoms. The van der Waals surface area contributed by atoms with E-state index in [-0.39, 0.29) is 5.41 Å². The predicted molar refractivity (Wildman–Crippen MR) is 81.9 cm³/mol. The van der Waals surface area contributed by atoms with Gasteiger partial charge in [-0.3, -0.25) is 10.00 Å². The minimum atomic E-state index is 0.0126. The van der Waals surface area contributed by atoms with Crippen LogP contribution in [0.25, 0.3) is 0 Å². The highest BCUT2D eigenvalue weighted by Crippen LogP contribution is 2.23. The first kappa shape index (κ1) is 14.2. The van der Waals surface area contributed by atoms with Crippen LogP contribution in [0.3, 0.4) is 0 Å². The van der Waals surface area contributed by atoms with Crippen molar-refractivity contribution < 1.29 is 0 Å². The molecule has 2 aromatic heterocycles. The van der Waals surface area contributed by atoms with Crippen molar-refractivity contribution in [3.05, 3.63) is 40.7 Å². The van der Waals surface area contributed by atoms with Crippen molar-refractivity contribution in [1.29, 1.82) is 0 Å². The van der Waals surface area contributed by atoms with Gasteiger partial charge in [0, 0.05) is 54.6 Å². The normalized spacial score (nSPS) is 16.0. The van der Waals surface area contributed by atoms with Crippen LogP contribution in [0.1, 0.15) is 49.2 Å². The maximum absolute atomic E-state index is 4.77. The lowest BCUT2D eigenvalue weighted by Gasteiger charge is -2.28. The fourth-order valence-electron chi connectivity index (χ4n) is 2.66. The van der Waals surface area contributed by atoms with Gasteiger partial charge >= 0.3 is 0 Å². The zero-order valence-corrected chi connectivity index (χ0v) is 13.3. The third-order valence-electron chi connectivity index (χ3n) is 3.83. The summed E-state index contributed by atoms with van der Waals surface area (Å²) in [6, 6.07) is 2.11. The summed E-state index contributed by atoms with van der Waals surface area (Å²) >= 11 is 0. The van der Waals surface area contributed by atoms with Crippen molar-refractivity contribution in [2.75, 3.05) is 6.54 Å². The lowest BCUT2D eigenvalue weighted by atomic mass is 9.95. The topological polar surface area (TPSA) is 57.7 Å². The summed E-state index contributed by atoms with van der Waals surface area (Å²) in [7, 11) is 0. The van der Waals surface area contributed by atoms with Crippen LogP contribution in [0, 0.1) is 6.92 Å². The van der Waals surface area contributed by atoms with Gasteiger partial charge in [-0.1, -0.05) is 20.8 Å². The van der Waals surface area contributed by atoms with Crippen molar-refractivity contribution in [3.63, 3.8) is 0 Å². The number of nitrogens with zero attached hydrogens (tertiary/aromatic N) is 4. The Balaban J connectivity index is 1.74. The Labute approximate surface area is 125 Å². The second-order valence-corrected chi connectivity index (χ2v) is 6.92. The van der Waals surface area contributed by atoms with Gasteiger partial charge in [-0.25, -0.2) is 9.97 Å². The van der Waals surface area contributed by atoms with E-state index in [1.807, 2.05) is 13.1 Å². The summed E-state index contributed by atoms with van der Waals surface area (Å²) in [5, 5.41) is 7.31. The average Bonchev–Trinajstić information content (AvgIpc) is 2.82. The number of hydrogen-bond donors (Lipinski definition) is 1. The summed E-state index contributed by atoms with van der Waals surface area (Å²) in [4.78, 5) is 11.7. The van der Waals surface area contributed by atoms with Crippen molar-refractivity contribution in [2.45, 2.75) is 52.6 Å². The van der Waals surface area contributed by atoms with Gasteiger partial charge in [0.2, 0.25) is 0 Å². The molecule has 5 heteroatoms. The van der Waals surface area contributed by atoms with E-state index in [0.29, 0.717) is 0 Å². The predicted octanol–water partition coefficient (Wildman–Crippen LogP) is 2.36. The van der Waals surface area contributed by atoms with Crippen molar-refractivity contribution in [2.24, 2.45) is 0 Å². The Kier molecular flexibility index (Phi) is 3.53. The quantitative estimate of drug-likeness (QED) is 0.920. The van der Waals surface area contributed by atoms with Gasteiger partial charge in [-0.2, -0.15) is 5.10 Å². The molecular weight excluding hydrogens is 262 g/mol. The Hall–Kier alpha value is -1.75. The molecule has 0 saturated carbocycles. The van der Waals surface area contributed by atoms with Gasteiger partial charge in [-0.05, 0) is 13.0 Å². The van der Waals surface area contributed by atoms with Gasteiger partial charge in [0.25, 0.3) is 0 Å². The van der Waals surface area contributed by atoms with E-state index in [0.717, 1.165) is 43.3 Å². The van der Waals surface area contributed by atoms with Crippen LogP contribution in [0.2, 0.25) is 0 Å². The molecule has 0 saturated heterocycles. The first-order chi connectivity index (χ1) is 9.91. The molecule has 2 aromatic rings. The van der Waals surface area contributed by atoms with Gasteiger partial charge in [0.05, 0.1) is 5.69 Å². The third kappa shape index (κ3) is 3.13. The van der Waals surface area contributed by atoms with Crippen LogP contribution in [0.15, 0.2) is 12.3 Å². The molecule has 1 N–H and O–H groups in total. The zero-order chi connectivity index (χ0) is 15.0. The fraction of sp³-hybridized carbons (Fsp3) is 0.562. The summed E-state index contributed by atoms with van der Waals surface area (Å²) in [6.45, 7) is 11.3. The first-order valence-corrected chi connectivity index (χ1v) is 7.50. The molecule has 0 radical (unpaired) electrons. The Morgan fingerprint density at radius 1 is 1.33 bits per heavy atom. The van der Waals surface area contributed by atoms with Gasteiger partial charge in [0.1, 0.15) is 5.82 Å². The van der Waals surface area contributed by atoms with Crippen molar-refractivity contribution in [1.82, 2.24) is 25.1 Å². The van der Waals surface area contributed by atoms with Crippen LogP contribution < -0.4 is 0 Å². The minimum absolute atomic E-state index is 0.0126. The van der Waals surface area contributed by atoms with Crippen molar-refractivity contribution >= 4 is 0 Å². The fourth-order valence-corrected chi connectivity index (χ4v) is 2.66. The molecule has 3 heterocycles. The van der Waals surface area contributed by atoms with Crippen molar-refractivity contribution in [3.8, 4) is 0 Å². The lowest BCUT2D eigenvalue weighted by Crippen LogP contribution is -2.32. The highest BCUT2D eigenvalue weighted by molar-refractivity contribution is 5.22. The molecule has 0 atom stereocenters. The number of rotatable bonds is 2. The third-order valence-corrected chi connectivity index (χ3v) is 3.83. The highest BCUT2D eigenvalue weighted by atomic mass is 15.2. The molecule has 1 aliphatic rings. The Bertz CT molecular complexity index is 638. The average molecular weight is 285 g/mol. The molecule has 0 unspecified atom stereocenters. The van der Waals surface area contributed by atoms with E-state index in [1.54, 1.807) is 0 Å². The number of aromatic amines is 1. The smallest absolute Gasteiger partial charge is 0.133 e.